The number of nitrogens with zero attached hydrogens (tertiary/aromatic N) is 1. The number of carbonyl (C=O) groups excluding carboxylic acids is 1. The highest BCUT2D eigenvalue weighted by molar-refractivity contribution is 9.10. The van der Waals surface area contributed by atoms with Crippen LogP contribution in [0.3, 0.4) is 0 Å². The average Bonchev–Trinajstić information content (AvgIpc) is 2.63. The molecule has 1 aromatic rings. The second kappa shape index (κ2) is 6.56. The van der Waals surface area contributed by atoms with Gasteiger partial charge in [0.25, 0.3) is 0 Å². The van der Waals surface area contributed by atoms with Crippen LogP contribution in [0.4, 0.5) is 5.69 Å². The van der Waals surface area contributed by atoms with Crippen LogP contribution in [0, 0.1) is 5.92 Å². The lowest BCUT2D eigenvalue weighted by atomic mass is 9.98. The minimum atomic E-state index is 0.120. The second-order valence-corrected chi connectivity index (χ2v) is 6.27. The average molecular weight is 324 g/mol. The van der Waals surface area contributed by atoms with Crippen molar-refractivity contribution in [2.45, 2.75) is 39.5 Å². The van der Waals surface area contributed by atoms with E-state index in [1.807, 2.05) is 12.1 Å². The van der Waals surface area contributed by atoms with Gasteiger partial charge in [-0.15, -0.1) is 0 Å². The molecule has 3 heteroatoms. The third-order valence-corrected chi connectivity index (χ3v) is 4.76. The molecular weight excluding hydrogens is 302 g/mol. The van der Waals surface area contributed by atoms with Crippen LogP contribution in [-0.4, -0.2) is 18.9 Å². The first kappa shape index (κ1) is 14.6. The number of hydrogen-bond donors (Lipinski definition) is 0. The van der Waals surface area contributed by atoms with Gasteiger partial charge >= 0.3 is 0 Å². The summed E-state index contributed by atoms with van der Waals surface area (Å²) in [6, 6.07) is 5.96. The molecule has 0 N–H and O–H groups in total. The lowest BCUT2D eigenvalue weighted by molar-refractivity contribution is 0.101. The van der Waals surface area contributed by atoms with Crippen molar-refractivity contribution in [3.8, 4) is 0 Å². The van der Waals surface area contributed by atoms with Gasteiger partial charge in [-0.25, -0.2) is 0 Å². The predicted molar refractivity (Wildman–Crippen MR) is 84.0 cm³/mol. The van der Waals surface area contributed by atoms with Crippen molar-refractivity contribution in [3.05, 3.63) is 28.2 Å². The number of ketones is 1. The zero-order valence-electron chi connectivity index (χ0n) is 11.8. The molecule has 1 fully saturated rings. The van der Waals surface area contributed by atoms with E-state index in [9.17, 15) is 4.79 Å². The van der Waals surface area contributed by atoms with Crippen molar-refractivity contribution < 1.29 is 4.79 Å². The second-order valence-electron chi connectivity index (χ2n) is 5.41. The molecular formula is C16H22BrNO. The molecule has 1 heterocycles. The number of Topliss-reactive ketones (excluding diaryl/α,β-unsaturated/α-hetero) is 1. The van der Waals surface area contributed by atoms with E-state index in [0.717, 1.165) is 29.0 Å². The fourth-order valence-electron chi connectivity index (χ4n) is 2.80. The van der Waals surface area contributed by atoms with Crippen LogP contribution < -0.4 is 4.90 Å². The minimum Gasteiger partial charge on any atom is -0.371 e. The van der Waals surface area contributed by atoms with E-state index in [0.29, 0.717) is 0 Å². The van der Waals surface area contributed by atoms with E-state index < -0.39 is 0 Å². The Morgan fingerprint density at radius 1 is 1.37 bits per heavy atom. The summed E-state index contributed by atoms with van der Waals surface area (Å²) in [5, 5.41) is 0. The van der Waals surface area contributed by atoms with Crippen molar-refractivity contribution in [1.82, 2.24) is 0 Å². The van der Waals surface area contributed by atoms with Crippen molar-refractivity contribution in [3.63, 3.8) is 0 Å². The first-order chi connectivity index (χ1) is 9.11. The van der Waals surface area contributed by atoms with E-state index in [1.54, 1.807) is 6.92 Å². The number of anilines is 1. The smallest absolute Gasteiger partial charge is 0.159 e. The fraction of sp³-hybridized carbons (Fsp3) is 0.562. The molecule has 2 rings (SSSR count). The normalized spacial score (nSPS) is 20.2. The van der Waals surface area contributed by atoms with Crippen LogP contribution in [0.25, 0.3) is 0 Å². The monoisotopic (exact) mass is 323 g/mol. The molecule has 0 aromatic heterocycles. The van der Waals surface area contributed by atoms with Crippen LogP contribution in [0.15, 0.2) is 22.7 Å². The van der Waals surface area contributed by atoms with E-state index in [1.165, 1.54) is 31.4 Å². The maximum atomic E-state index is 11.4. The van der Waals surface area contributed by atoms with E-state index in [2.05, 4.69) is 33.8 Å². The van der Waals surface area contributed by atoms with Gasteiger partial charge in [-0.1, -0.05) is 13.3 Å². The van der Waals surface area contributed by atoms with Crippen molar-refractivity contribution in [2.24, 2.45) is 5.92 Å². The quantitative estimate of drug-likeness (QED) is 0.753. The molecule has 104 valence electrons. The van der Waals surface area contributed by atoms with Gasteiger partial charge in [-0.05, 0) is 66.2 Å². The lowest BCUT2D eigenvalue weighted by Gasteiger charge is -2.24. The number of carbonyl (C=O) groups is 1. The van der Waals surface area contributed by atoms with Gasteiger partial charge in [-0.3, -0.25) is 4.79 Å². The zero-order chi connectivity index (χ0) is 13.8. The summed E-state index contributed by atoms with van der Waals surface area (Å²) in [6.07, 6.45) is 5.17. The van der Waals surface area contributed by atoms with Crippen molar-refractivity contribution in [2.75, 3.05) is 18.0 Å². The minimum absolute atomic E-state index is 0.120. The Bertz CT molecular complexity index is 458. The Balaban J connectivity index is 2.15. The van der Waals surface area contributed by atoms with Crippen molar-refractivity contribution in [1.29, 1.82) is 0 Å². The summed E-state index contributed by atoms with van der Waals surface area (Å²) in [5.74, 6) is 0.995. The van der Waals surface area contributed by atoms with E-state index >= 15 is 0 Å². The molecule has 0 saturated carbocycles. The molecule has 1 saturated heterocycles. The molecule has 0 spiro atoms. The Kier molecular flexibility index (Phi) is 5.03. The van der Waals surface area contributed by atoms with Gasteiger partial charge in [0.1, 0.15) is 0 Å². The number of hydrogen-bond acceptors (Lipinski definition) is 2. The molecule has 1 aliphatic rings. The Labute approximate surface area is 124 Å². The number of halogens is 1. The first-order valence-corrected chi connectivity index (χ1v) is 7.96. The number of benzene rings is 1. The van der Waals surface area contributed by atoms with Crippen LogP contribution in [-0.2, 0) is 0 Å². The van der Waals surface area contributed by atoms with Crippen LogP contribution in [0.5, 0.6) is 0 Å². The molecule has 1 unspecified atom stereocenters. The van der Waals surface area contributed by atoms with Crippen molar-refractivity contribution >= 4 is 27.4 Å². The van der Waals surface area contributed by atoms with E-state index in [-0.39, 0.29) is 5.78 Å². The van der Waals surface area contributed by atoms with Crippen LogP contribution >= 0.6 is 15.9 Å². The molecule has 0 aliphatic carbocycles. The highest BCUT2D eigenvalue weighted by Crippen LogP contribution is 2.31. The highest BCUT2D eigenvalue weighted by Gasteiger charge is 2.18. The van der Waals surface area contributed by atoms with Gasteiger partial charge in [-0.2, -0.15) is 0 Å². The largest absolute Gasteiger partial charge is 0.371 e. The number of rotatable bonds is 3. The fourth-order valence-corrected chi connectivity index (χ4v) is 3.43. The first-order valence-electron chi connectivity index (χ1n) is 7.17. The summed E-state index contributed by atoms with van der Waals surface area (Å²) < 4.78 is 1.04. The predicted octanol–water partition coefficient (Wildman–Crippen LogP) is 4.67. The molecule has 1 aliphatic heterocycles. The summed E-state index contributed by atoms with van der Waals surface area (Å²) in [4.78, 5) is 13.8. The summed E-state index contributed by atoms with van der Waals surface area (Å²) in [6.45, 7) is 6.14. The summed E-state index contributed by atoms with van der Waals surface area (Å²) in [7, 11) is 0. The van der Waals surface area contributed by atoms with Gasteiger partial charge in [0, 0.05) is 23.1 Å². The van der Waals surface area contributed by atoms with E-state index in [4.69, 9.17) is 0 Å². The Morgan fingerprint density at radius 3 is 2.79 bits per heavy atom. The standard InChI is InChI=1S/C16H22BrNO/c1-3-13-5-4-9-18(10-8-13)16-7-6-14(12(2)19)11-15(16)17/h6-7,11,13H,3-5,8-10H2,1-2H3. The molecule has 1 atom stereocenters. The molecule has 19 heavy (non-hydrogen) atoms. The lowest BCUT2D eigenvalue weighted by Crippen LogP contribution is -2.24. The molecule has 2 nitrogen and oxygen atoms in total. The van der Waals surface area contributed by atoms with Gasteiger partial charge in [0.2, 0.25) is 0 Å². The van der Waals surface area contributed by atoms with Gasteiger partial charge < -0.3 is 4.90 Å². The third-order valence-electron chi connectivity index (χ3n) is 4.12. The van der Waals surface area contributed by atoms with Crippen LogP contribution in [0.1, 0.15) is 49.9 Å². The van der Waals surface area contributed by atoms with Crippen LogP contribution in [0.2, 0.25) is 0 Å². The zero-order valence-corrected chi connectivity index (χ0v) is 13.4. The molecule has 0 amide bonds. The molecule has 1 aromatic carbocycles. The highest BCUT2D eigenvalue weighted by atomic mass is 79.9. The topological polar surface area (TPSA) is 20.3 Å². The SMILES string of the molecule is CCC1CCCN(c2ccc(C(C)=O)cc2Br)CC1. The third kappa shape index (κ3) is 3.59. The Hall–Kier alpha value is -0.830. The maximum Gasteiger partial charge on any atom is 0.159 e. The summed E-state index contributed by atoms with van der Waals surface area (Å²) >= 11 is 3.61. The van der Waals surface area contributed by atoms with Gasteiger partial charge in [0.05, 0.1) is 5.69 Å². The summed E-state index contributed by atoms with van der Waals surface area (Å²) in [5.41, 5.74) is 2.00. The maximum absolute atomic E-state index is 11.4. The molecule has 0 bridgehead atoms. The Morgan fingerprint density at radius 2 is 2.16 bits per heavy atom. The van der Waals surface area contributed by atoms with Gasteiger partial charge in [0.15, 0.2) is 5.78 Å². The molecule has 0 radical (unpaired) electrons.